The molecular formula is C21H28N2O4S. The second kappa shape index (κ2) is 9.59. The first-order valence-corrected chi connectivity index (χ1v) is 11.0. The number of carbonyl (C=O) groups is 1. The lowest BCUT2D eigenvalue weighted by molar-refractivity contribution is -0.120. The van der Waals surface area contributed by atoms with Crippen LogP contribution in [-0.2, 0) is 14.8 Å². The molecule has 1 atom stereocenters. The average Bonchev–Trinajstić information content (AvgIpc) is 2.65. The van der Waals surface area contributed by atoms with Crippen LogP contribution < -0.4 is 14.4 Å². The van der Waals surface area contributed by atoms with Crippen LogP contribution in [0.15, 0.2) is 54.6 Å². The summed E-state index contributed by atoms with van der Waals surface area (Å²) in [6, 6.07) is 16.2. The maximum atomic E-state index is 12.7. The van der Waals surface area contributed by atoms with Crippen LogP contribution in [-0.4, -0.2) is 34.2 Å². The van der Waals surface area contributed by atoms with Gasteiger partial charge in [-0.05, 0) is 30.0 Å². The van der Waals surface area contributed by atoms with E-state index in [9.17, 15) is 13.2 Å². The topological polar surface area (TPSA) is 75.7 Å². The van der Waals surface area contributed by atoms with Gasteiger partial charge in [0, 0.05) is 6.07 Å². The van der Waals surface area contributed by atoms with Crippen LogP contribution in [0.5, 0.6) is 5.75 Å². The predicted octanol–water partition coefficient (Wildman–Crippen LogP) is 3.36. The number of nitrogens with zero attached hydrogens (tertiary/aromatic N) is 1. The van der Waals surface area contributed by atoms with Crippen molar-refractivity contribution in [2.24, 2.45) is 5.92 Å². The van der Waals surface area contributed by atoms with Gasteiger partial charge in [-0.25, -0.2) is 8.42 Å². The fourth-order valence-electron chi connectivity index (χ4n) is 2.97. The van der Waals surface area contributed by atoms with Gasteiger partial charge >= 0.3 is 0 Å². The Kier molecular flexibility index (Phi) is 7.45. The average molecular weight is 405 g/mol. The van der Waals surface area contributed by atoms with Crippen molar-refractivity contribution < 1.29 is 17.9 Å². The molecule has 0 bridgehead atoms. The van der Waals surface area contributed by atoms with Gasteiger partial charge in [-0.3, -0.25) is 9.10 Å². The maximum Gasteiger partial charge on any atom is 0.241 e. The number of ether oxygens (including phenoxy) is 1. The molecule has 0 unspecified atom stereocenters. The second-order valence-electron chi connectivity index (χ2n) is 7.13. The number of amides is 1. The summed E-state index contributed by atoms with van der Waals surface area (Å²) in [7, 11) is -2.14. The molecular weight excluding hydrogens is 376 g/mol. The third-order valence-corrected chi connectivity index (χ3v) is 5.41. The van der Waals surface area contributed by atoms with E-state index in [1.165, 1.54) is 7.11 Å². The molecule has 0 spiro atoms. The molecule has 0 radical (unpaired) electrons. The number of carbonyl (C=O) groups excluding carboxylic acids is 1. The van der Waals surface area contributed by atoms with Crippen molar-refractivity contribution in [3.63, 3.8) is 0 Å². The zero-order valence-electron chi connectivity index (χ0n) is 16.8. The van der Waals surface area contributed by atoms with Crippen LogP contribution in [0.25, 0.3) is 0 Å². The van der Waals surface area contributed by atoms with Crippen molar-refractivity contribution in [1.82, 2.24) is 5.32 Å². The molecule has 2 aromatic carbocycles. The standard InChI is InChI=1S/C21H28N2O4S/c1-16(2)13-20(17-9-6-5-7-10-17)22-21(24)15-23(28(4,25)26)18-11-8-12-19(14-18)27-3/h5-12,14,16,20H,13,15H2,1-4H3,(H,22,24)/t20-/m0/s1. The maximum absolute atomic E-state index is 12.7. The molecule has 1 amide bonds. The molecule has 0 saturated carbocycles. The number of nitrogens with one attached hydrogen (secondary N) is 1. The first kappa shape index (κ1) is 21.8. The van der Waals surface area contributed by atoms with Crippen LogP contribution in [0, 0.1) is 5.92 Å². The Bertz CT molecular complexity index is 882. The highest BCUT2D eigenvalue weighted by Gasteiger charge is 2.23. The number of hydrogen-bond acceptors (Lipinski definition) is 4. The fourth-order valence-corrected chi connectivity index (χ4v) is 3.82. The highest BCUT2D eigenvalue weighted by Crippen LogP contribution is 2.24. The SMILES string of the molecule is COc1cccc(N(CC(=O)N[C@@H](CC(C)C)c2ccccc2)S(C)(=O)=O)c1. The number of hydrogen-bond donors (Lipinski definition) is 1. The van der Waals surface area contributed by atoms with E-state index in [4.69, 9.17) is 4.74 Å². The Labute approximate surface area is 167 Å². The summed E-state index contributed by atoms with van der Waals surface area (Å²) in [5.74, 6) is 0.533. The van der Waals surface area contributed by atoms with Crippen molar-refractivity contribution in [3.8, 4) is 5.75 Å². The number of benzene rings is 2. The minimum absolute atomic E-state index is 0.180. The summed E-state index contributed by atoms with van der Waals surface area (Å²) in [5.41, 5.74) is 1.38. The van der Waals surface area contributed by atoms with Crippen LogP contribution in [0.3, 0.4) is 0 Å². The lowest BCUT2D eigenvalue weighted by Crippen LogP contribution is -2.41. The Hall–Kier alpha value is -2.54. The molecule has 1 N–H and O–H groups in total. The van der Waals surface area contributed by atoms with E-state index < -0.39 is 10.0 Å². The Morgan fingerprint density at radius 3 is 2.36 bits per heavy atom. The third-order valence-electron chi connectivity index (χ3n) is 4.27. The second-order valence-corrected chi connectivity index (χ2v) is 9.04. The molecule has 6 nitrogen and oxygen atoms in total. The molecule has 0 aliphatic carbocycles. The highest BCUT2D eigenvalue weighted by molar-refractivity contribution is 7.92. The molecule has 2 rings (SSSR count). The molecule has 0 aromatic heterocycles. The van der Waals surface area contributed by atoms with E-state index in [1.807, 2.05) is 30.3 Å². The van der Waals surface area contributed by atoms with Gasteiger partial charge in [0.1, 0.15) is 12.3 Å². The normalized spacial score (nSPS) is 12.5. The number of methoxy groups -OCH3 is 1. The van der Waals surface area contributed by atoms with Crippen molar-refractivity contribution >= 4 is 21.6 Å². The van der Waals surface area contributed by atoms with Gasteiger partial charge < -0.3 is 10.1 Å². The highest BCUT2D eigenvalue weighted by atomic mass is 32.2. The van der Waals surface area contributed by atoms with Gasteiger partial charge in [0.2, 0.25) is 15.9 Å². The lowest BCUT2D eigenvalue weighted by Gasteiger charge is -2.25. The van der Waals surface area contributed by atoms with Gasteiger partial charge in [0.05, 0.1) is 25.1 Å². The smallest absolute Gasteiger partial charge is 0.241 e. The Morgan fingerprint density at radius 2 is 1.79 bits per heavy atom. The summed E-state index contributed by atoms with van der Waals surface area (Å²) >= 11 is 0. The number of sulfonamides is 1. The van der Waals surface area contributed by atoms with E-state index in [0.29, 0.717) is 17.4 Å². The molecule has 0 heterocycles. The van der Waals surface area contributed by atoms with Gasteiger partial charge in [0.15, 0.2) is 0 Å². The Morgan fingerprint density at radius 1 is 1.11 bits per heavy atom. The summed E-state index contributed by atoms with van der Waals surface area (Å²) in [6.07, 6.45) is 1.84. The molecule has 2 aromatic rings. The summed E-state index contributed by atoms with van der Waals surface area (Å²) in [5, 5.41) is 2.99. The van der Waals surface area contributed by atoms with E-state index in [-0.39, 0.29) is 18.5 Å². The van der Waals surface area contributed by atoms with Gasteiger partial charge in [0.25, 0.3) is 0 Å². The third kappa shape index (κ3) is 6.27. The van der Waals surface area contributed by atoms with Gasteiger partial charge in [-0.2, -0.15) is 0 Å². The largest absolute Gasteiger partial charge is 0.497 e. The molecule has 0 aliphatic heterocycles. The molecule has 7 heteroatoms. The van der Waals surface area contributed by atoms with E-state index in [0.717, 1.165) is 22.5 Å². The van der Waals surface area contributed by atoms with Crippen LogP contribution >= 0.6 is 0 Å². The Balaban J connectivity index is 2.22. The van der Waals surface area contributed by atoms with Crippen LogP contribution in [0.2, 0.25) is 0 Å². The number of rotatable bonds is 9. The lowest BCUT2D eigenvalue weighted by atomic mass is 9.97. The zero-order chi connectivity index (χ0) is 20.7. The van der Waals surface area contributed by atoms with Crippen LogP contribution in [0.1, 0.15) is 31.9 Å². The summed E-state index contributed by atoms with van der Waals surface area (Å²) in [4.78, 5) is 12.7. The van der Waals surface area contributed by atoms with E-state index in [2.05, 4.69) is 19.2 Å². The van der Waals surface area contributed by atoms with Crippen molar-refractivity contribution in [3.05, 3.63) is 60.2 Å². The van der Waals surface area contributed by atoms with Crippen molar-refractivity contribution in [2.45, 2.75) is 26.3 Å². The van der Waals surface area contributed by atoms with E-state index in [1.54, 1.807) is 24.3 Å². The first-order chi connectivity index (χ1) is 13.2. The monoisotopic (exact) mass is 404 g/mol. The minimum Gasteiger partial charge on any atom is -0.497 e. The first-order valence-electron chi connectivity index (χ1n) is 9.16. The molecule has 28 heavy (non-hydrogen) atoms. The summed E-state index contributed by atoms with van der Waals surface area (Å²) in [6.45, 7) is 3.87. The quantitative estimate of drug-likeness (QED) is 0.695. The van der Waals surface area contributed by atoms with Crippen molar-refractivity contribution in [1.29, 1.82) is 0 Å². The predicted molar refractivity (Wildman–Crippen MR) is 112 cm³/mol. The molecule has 152 valence electrons. The van der Waals surface area contributed by atoms with Gasteiger partial charge in [-0.15, -0.1) is 0 Å². The fraction of sp³-hybridized carbons (Fsp3) is 0.381. The molecule has 0 aliphatic rings. The van der Waals surface area contributed by atoms with Crippen molar-refractivity contribution in [2.75, 3.05) is 24.2 Å². The molecule has 0 saturated heterocycles. The molecule has 0 fully saturated rings. The minimum atomic E-state index is -3.64. The summed E-state index contributed by atoms with van der Waals surface area (Å²) < 4.78 is 30.9. The number of anilines is 1. The van der Waals surface area contributed by atoms with E-state index >= 15 is 0 Å². The zero-order valence-corrected chi connectivity index (χ0v) is 17.6. The van der Waals surface area contributed by atoms with Crippen LogP contribution in [0.4, 0.5) is 5.69 Å². The van der Waals surface area contributed by atoms with Gasteiger partial charge in [-0.1, -0.05) is 50.2 Å².